The molecule has 0 aromatic carbocycles. The van der Waals surface area contributed by atoms with Crippen molar-refractivity contribution in [1.29, 1.82) is 0 Å². The number of rotatable bonds is 2. The lowest BCUT2D eigenvalue weighted by atomic mass is 10.6. The number of hydrogen-bond donors (Lipinski definition) is 0. The summed E-state index contributed by atoms with van der Waals surface area (Å²) in [5.74, 6) is 0. The molecule has 0 atom stereocenters. The van der Waals surface area contributed by atoms with Crippen molar-refractivity contribution in [2.24, 2.45) is 0 Å². The van der Waals surface area contributed by atoms with Crippen molar-refractivity contribution in [3.05, 3.63) is 21.8 Å². The fraction of sp³-hybridized carbons (Fsp3) is 0.200. The van der Waals surface area contributed by atoms with Gasteiger partial charge in [-0.25, -0.2) is 0 Å². The standard InChI is InChI=1S/C5H6Br2O/c1-8-3-2-5(7)4-6/h2-4H,1H3/b3-2+,5-4-. The first kappa shape index (κ1) is 8.24. The Balaban J connectivity index is 3.53. The number of hydrogen-bond acceptors (Lipinski definition) is 1. The summed E-state index contributed by atoms with van der Waals surface area (Å²) in [5.41, 5.74) is 0. The smallest absolute Gasteiger partial charge is 0.0836 e. The Kier molecular flexibility index (Phi) is 5.54. The van der Waals surface area contributed by atoms with Crippen LogP contribution in [-0.4, -0.2) is 7.11 Å². The molecule has 0 rings (SSSR count). The summed E-state index contributed by atoms with van der Waals surface area (Å²) in [6.45, 7) is 0. The largest absolute Gasteiger partial charge is 0.504 e. The third kappa shape index (κ3) is 4.40. The maximum absolute atomic E-state index is 4.64. The van der Waals surface area contributed by atoms with Crippen LogP contribution >= 0.6 is 31.9 Å². The van der Waals surface area contributed by atoms with Gasteiger partial charge in [0.05, 0.1) is 13.4 Å². The van der Waals surface area contributed by atoms with E-state index in [-0.39, 0.29) is 0 Å². The highest BCUT2D eigenvalue weighted by atomic mass is 79.9. The molecule has 0 fully saturated rings. The first-order valence-electron chi connectivity index (χ1n) is 1.96. The quantitative estimate of drug-likeness (QED) is 0.534. The van der Waals surface area contributed by atoms with E-state index in [1.165, 1.54) is 0 Å². The number of methoxy groups -OCH3 is 1. The Morgan fingerprint density at radius 1 is 1.62 bits per heavy atom. The summed E-state index contributed by atoms with van der Waals surface area (Å²) in [7, 11) is 1.60. The number of ether oxygens (including phenoxy) is 1. The van der Waals surface area contributed by atoms with Crippen LogP contribution < -0.4 is 0 Å². The molecule has 0 amide bonds. The summed E-state index contributed by atoms with van der Waals surface area (Å²) in [6, 6.07) is 0. The average molecular weight is 242 g/mol. The van der Waals surface area contributed by atoms with Crippen LogP contribution in [0, 0.1) is 0 Å². The molecule has 0 aromatic rings. The van der Waals surface area contributed by atoms with Crippen LogP contribution in [0.2, 0.25) is 0 Å². The van der Waals surface area contributed by atoms with Crippen LogP contribution in [0.3, 0.4) is 0 Å². The van der Waals surface area contributed by atoms with Gasteiger partial charge in [-0.15, -0.1) is 0 Å². The fourth-order valence-corrected chi connectivity index (χ4v) is 0.430. The zero-order valence-electron chi connectivity index (χ0n) is 4.40. The summed E-state index contributed by atoms with van der Waals surface area (Å²) < 4.78 is 5.59. The van der Waals surface area contributed by atoms with Crippen LogP contribution in [0.1, 0.15) is 0 Å². The second kappa shape index (κ2) is 5.38. The lowest BCUT2D eigenvalue weighted by Crippen LogP contribution is -1.63. The predicted octanol–water partition coefficient (Wildman–Crippen LogP) is 2.78. The van der Waals surface area contributed by atoms with E-state index in [1.807, 2.05) is 0 Å². The van der Waals surface area contributed by atoms with E-state index in [0.717, 1.165) is 4.48 Å². The van der Waals surface area contributed by atoms with Gasteiger partial charge < -0.3 is 4.74 Å². The summed E-state index contributed by atoms with van der Waals surface area (Å²) >= 11 is 6.35. The Morgan fingerprint density at radius 2 is 2.25 bits per heavy atom. The van der Waals surface area contributed by atoms with Crippen LogP contribution in [0.15, 0.2) is 21.8 Å². The van der Waals surface area contributed by atoms with Crippen molar-refractivity contribution >= 4 is 31.9 Å². The topological polar surface area (TPSA) is 9.23 Å². The van der Waals surface area contributed by atoms with E-state index in [0.29, 0.717) is 0 Å². The molecule has 0 aliphatic heterocycles. The van der Waals surface area contributed by atoms with Crippen molar-refractivity contribution in [3.8, 4) is 0 Å². The molecule has 0 saturated heterocycles. The van der Waals surface area contributed by atoms with Crippen molar-refractivity contribution in [3.63, 3.8) is 0 Å². The molecular formula is C5H6Br2O. The first-order valence-corrected chi connectivity index (χ1v) is 3.67. The van der Waals surface area contributed by atoms with Gasteiger partial charge in [0.2, 0.25) is 0 Å². The molecule has 0 aliphatic rings. The van der Waals surface area contributed by atoms with Gasteiger partial charge in [0.1, 0.15) is 0 Å². The highest BCUT2D eigenvalue weighted by molar-refractivity contribution is 9.14. The molecule has 0 unspecified atom stereocenters. The summed E-state index contributed by atoms with van der Waals surface area (Å²) in [4.78, 5) is 1.75. The summed E-state index contributed by atoms with van der Waals surface area (Å²) in [6.07, 6.45) is 3.37. The van der Waals surface area contributed by atoms with Crippen LogP contribution in [0.4, 0.5) is 0 Å². The van der Waals surface area contributed by atoms with Crippen molar-refractivity contribution in [2.45, 2.75) is 0 Å². The average Bonchev–Trinajstić information content (AvgIpc) is 1.83. The molecule has 1 nitrogen and oxygen atoms in total. The second-order valence-electron chi connectivity index (χ2n) is 1.03. The molecule has 0 radical (unpaired) electrons. The van der Waals surface area contributed by atoms with E-state index in [2.05, 4.69) is 36.6 Å². The zero-order chi connectivity index (χ0) is 6.41. The van der Waals surface area contributed by atoms with Crippen molar-refractivity contribution in [1.82, 2.24) is 0 Å². The van der Waals surface area contributed by atoms with Crippen LogP contribution in [0.5, 0.6) is 0 Å². The molecule has 46 valence electrons. The van der Waals surface area contributed by atoms with Gasteiger partial charge in [-0.2, -0.15) is 0 Å². The Bertz CT molecular complexity index is 107. The van der Waals surface area contributed by atoms with E-state index < -0.39 is 0 Å². The van der Waals surface area contributed by atoms with E-state index >= 15 is 0 Å². The monoisotopic (exact) mass is 240 g/mol. The van der Waals surface area contributed by atoms with E-state index in [1.54, 1.807) is 24.4 Å². The second-order valence-corrected chi connectivity index (χ2v) is 2.41. The maximum atomic E-state index is 4.64. The van der Waals surface area contributed by atoms with Gasteiger partial charge in [0.25, 0.3) is 0 Å². The molecule has 3 heteroatoms. The minimum Gasteiger partial charge on any atom is -0.504 e. The Labute approximate surface area is 65.7 Å². The van der Waals surface area contributed by atoms with Crippen molar-refractivity contribution < 1.29 is 4.74 Å². The fourth-order valence-electron chi connectivity index (χ4n) is 0.169. The highest BCUT2D eigenvalue weighted by Gasteiger charge is 1.76. The zero-order valence-corrected chi connectivity index (χ0v) is 7.57. The third-order valence-corrected chi connectivity index (χ3v) is 2.07. The van der Waals surface area contributed by atoms with E-state index in [9.17, 15) is 0 Å². The lowest BCUT2D eigenvalue weighted by Gasteiger charge is -1.84. The maximum Gasteiger partial charge on any atom is 0.0836 e. The van der Waals surface area contributed by atoms with E-state index in [4.69, 9.17) is 0 Å². The predicted molar refractivity (Wildman–Crippen MR) is 42.1 cm³/mol. The van der Waals surface area contributed by atoms with Crippen LogP contribution in [0.25, 0.3) is 0 Å². The van der Waals surface area contributed by atoms with Gasteiger partial charge in [-0.3, -0.25) is 0 Å². The Hall–Kier alpha value is 0.240. The van der Waals surface area contributed by atoms with Gasteiger partial charge in [0, 0.05) is 4.48 Å². The molecule has 0 spiro atoms. The first-order chi connectivity index (χ1) is 3.81. The highest BCUT2D eigenvalue weighted by Crippen LogP contribution is 2.08. The lowest BCUT2D eigenvalue weighted by molar-refractivity contribution is 0.338. The molecule has 0 aromatic heterocycles. The van der Waals surface area contributed by atoms with Gasteiger partial charge in [-0.05, 0) is 11.1 Å². The van der Waals surface area contributed by atoms with Crippen LogP contribution in [-0.2, 0) is 4.74 Å². The molecule has 0 bridgehead atoms. The van der Waals surface area contributed by atoms with Crippen molar-refractivity contribution in [2.75, 3.05) is 7.11 Å². The number of allylic oxidation sites excluding steroid dienone is 2. The SMILES string of the molecule is CO/C=C/C(Br)=C/Br. The molecule has 0 heterocycles. The Morgan fingerprint density at radius 3 is 2.62 bits per heavy atom. The third-order valence-electron chi connectivity index (χ3n) is 0.468. The molecule has 0 aliphatic carbocycles. The minimum absolute atomic E-state index is 0.944. The van der Waals surface area contributed by atoms with Gasteiger partial charge in [0.15, 0.2) is 0 Å². The molecule has 0 N–H and O–H groups in total. The van der Waals surface area contributed by atoms with Gasteiger partial charge >= 0.3 is 0 Å². The van der Waals surface area contributed by atoms with Gasteiger partial charge in [-0.1, -0.05) is 31.9 Å². The molecular weight excluding hydrogens is 236 g/mol. The normalized spacial score (nSPS) is 12.6. The molecule has 0 saturated carbocycles. The number of halogens is 2. The minimum atomic E-state index is 0.944. The molecule has 8 heavy (non-hydrogen) atoms. The summed E-state index contributed by atoms with van der Waals surface area (Å²) in [5, 5.41) is 0.